The van der Waals surface area contributed by atoms with Gasteiger partial charge in [0, 0.05) is 19.5 Å². The van der Waals surface area contributed by atoms with Crippen LogP contribution in [0.25, 0.3) is 0 Å². The van der Waals surface area contributed by atoms with Crippen LogP contribution in [0.3, 0.4) is 0 Å². The number of carbonyl (C=O) groups excluding carboxylic acids is 1. The van der Waals surface area contributed by atoms with E-state index in [-0.39, 0.29) is 28.4 Å². The van der Waals surface area contributed by atoms with E-state index in [0.717, 1.165) is 36.8 Å². The summed E-state index contributed by atoms with van der Waals surface area (Å²) in [6.07, 6.45) is 12.9. The average Bonchev–Trinajstić information content (AvgIpc) is 3.30. The zero-order valence-corrected chi connectivity index (χ0v) is 26.1. The van der Waals surface area contributed by atoms with Crippen LogP contribution in [0, 0.1) is 10.8 Å². The van der Waals surface area contributed by atoms with Gasteiger partial charge in [0.05, 0.1) is 4.90 Å². The lowest BCUT2D eigenvalue weighted by Crippen LogP contribution is -2.34. The van der Waals surface area contributed by atoms with Gasteiger partial charge in [0.15, 0.2) is 0 Å². The molecule has 0 bridgehead atoms. The van der Waals surface area contributed by atoms with Crippen molar-refractivity contribution in [3.63, 3.8) is 0 Å². The normalized spacial score (nSPS) is 23.4. The highest BCUT2D eigenvalue weighted by Crippen LogP contribution is 2.73. The van der Waals surface area contributed by atoms with E-state index >= 15 is 0 Å². The highest BCUT2D eigenvalue weighted by Gasteiger charge is 2.72. The van der Waals surface area contributed by atoms with Crippen molar-refractivity contribution in [2.45, 2.75) is 135 Å². The molecular formula is C33H53NO3S. The van der Waals surface area contributed by atoms with E-state index in [9.17, 15) is 13.2 Å². The van der Waals surface area contributed by atoms with E-state index in [2.05, 4.69) is 60.3 Å². The summed E-state index contributed by atoms with van der Waals surface area (Å²) < 4.78 is 30.6. The fourth-order valence-corrected chi connectivity index (χ4v) is 9.22. The van der Waals surface area contributed by atoms with Crippen LogP contribution >= 0.6 is 0 Å². The molecule has 1 aliphatic heterocycles. The highest BCUT2D eigenvalue weighted by atomic mass is 32.2. The molecule has 2 fully saturated rings. The number of unbranched alkanes of at least 4 members (excludes halogenated alkanes) is 6. The number of rotatable bonds is 16. The Hall–Kier alpha value is -1.46. The van der Waals surface area contributed by atoms with Gasteiger partial charge >= 0.3 is 0 Å². The number of allylic oxidation sites excluding steroid dienone is 1. The van der Waals surface area contributed by atoms with E-state index in [1.165, 1.54) is 37.7 Å². The number of Topliss-reactive ketones (excluding diaryl/α,β-unsaturated/α-hetero) is 1. The number of hydrogen-bond donors (Lipinski definition) is 0. The minimum atomic E-state index is -3.68. The van der Waals surface area contributed by atoms with Gasteiger partial charge in [-0.1, -0.05) is 91.9 Å². The predicted octanol–water partition coefficient (Wildman–Crippen LogP) is 8.72. The first-order chi connectivity index (χ1) is 17.8. The second-order valence-electron chi connectivity index (χ2n) is 13.3. The van der Waals surface area contributed by atoms with Crippen LogP contribution < -0.4 is 0 Å². The summed E-state index contributed by atoms with van der Waals surface area (Å²) in [4.78, 5) is 12.8. The van der Waals surface area contributed by atoms with Crippen molar-refractivity contribution in [3.8, 4) is 0 Å². The summed E-state index contributed by atoms with van der Waals surface area (Å²) in [5, 5.41) is 0. The summed E-state index contributed by atoms with van der Waals surface area (Å²) in [6, 6.07) is 4.25. The van der Waals surface area contributed by atoms with Crippen molar-refractivity contribution >= 4 is 15.8 Å². The number of piperidine rings is 1. The summed E-state index contributed by atoms with van der Waals surface area (Å²) in [5.74, 6) is 0.741. The molecule has 1 saturated carbocycles. The van der Waals surface area contributed by atoms with Crippen molar-refractivity contribution in [1.82, 2.24) is 4.31 Å². The van der Waals surface area contributed by atoms with Crippen molar-refractivity contribution < 1.29 is 13.2 Å². The van der Waals surface area contributed by atoms with E-state index in [1.807, 2.05) is 6.08 Å². The summed E-state index contributed by atoms with van der Waals surface area (Å²) in [5.41, 5.74) is 2.86. The fourth-order valence-electron chi connectivity index (χ4n) is 6.94. The van der Waals surface area contributed by atoms with Crippen molar-refractivity contribution in [3.05, 3.63) is 41.5 Å². The van der Waals surface area contributed by atoms with Gasteiger partial charge in [0.1, 0.15) is 5.78 Å². The van der Waals surface area contributed by atoms with Crippen LogP contribution in [0.15, 0.2) is 29.7 Å². The molecule has 4 nitrogen and oxygen atoms in total. The lowest BCUT2D eigenvalue weighted by atomic mass is 9.87. The molecule has 5 heteroatoms. The smallest absolute Gasteiger partial charge is 0.243 e. The molecule has 1 saturated heterocycles. The first-order valence-corrected chi connectivity index (χ1v) is 16.5. The van der Waals surface area contributed by atoms with Gasteiger partial charge < -0.3 is 4.79 Å². The lowest BCUT2D eigenvalue weighted by molar-refractivity contribution is -0.118. The monoisotopic (exact) mass is 543 g/mol. The zero-order valence-electron chi connectivity index (χ0n) is 25.2. The first-order valence-electron chi connectivity index (χ1n) is 15.1. The molecule has 0 N–H and O–H groups in total. The Morgan fingerprint density at radius 3 is 1.92 bits per heavy atom. The number of fused-ring (bicyclic) bond motifs is 1. The maximum absolute atomic E-state index is 14.4. The third-order valence-electron chi connectivity index (χ3n) is 9.21. The van der Waals surface area contributed by atoms with E-state index in [0.29, 0.717) is 30.3 Å². The maximum atomic E-state index is 14.4. The molecule has 0 spiro atoms. The topological polar surface area (TPSA) is 54.5 Å². The van der Waals surface area contributed by atoms with Gasteiger partial charge in [-0.25, -0.2) is 8.42 Å². The van der Waals surface area contributed by atoms with Crippen LogP contribution in [0.2, 0.25) is 0 Å². The molecule has 2 aliphatic rings. The van der Waals surface area contributed by atoms with Crippen LogP contribution in [0.1, 0.15) is 147 Å². The Morgan fingerprint density at radius 2 is 1.42 bits per heavy atom. The Morgan fingerprint density at radius 1 is 0.895 bits per heavy atom. The maximum Gasteiger partial charge on any atom is 0.243 e. The molecule has 1 aromatic rings. The molecule has 0 unspecified atom stereocenters. The SMILES string of the molecule is C=CCCCCCCCC[C@]12CN(S(=O)(=O)c3c(C(C)C)cc(C(C)C)cc3C(C)C)C[C@@]1(CC(C)=O)C2. The molecule has 2 atom stereocenters. The zero-order chi connectivity index (χ0) is 28.3. The summed E-state index contributed by atoms with van der Waals surface area (Å²) >= 11 is 0. The number of carbonyl (C=O) groups is 1. The highest BCUT2D eigenvalue weighted by molar-refractivity contribution is 7.89. The van der Waals surface area contributed by atoms with Gasteiger partial charge in [-0.05, 0) is 77.9 Å². The second-order valence-corrected chi connectivity index (χ2v) is 15.2. The molecule has 1 aliphatic carbocycles. The fraction of sp³-hybridized carbons (Fsp3) is 0.727. The van der Waals surface area contributed by atoms with Crippen LogP contribution in [-0.2, 0) is 14.8 Å². The van der Waals surface area contributed by atoms with Gasteiger partial charge in [-0.15, -0.1) is 6.58 Å². The van der Waals surface area contributed by atoms with Crippen LogP contribution in [0.5, 0.6) is 0 Å². The summed E-state index contributed by atoms with van der Waals surface area (Å²) in [7, 11) is -3.68. The number of sulfonamides is 1. The molecule has 0 amide bonds. The predicted molar refractivity (Wildman–Crippen MR) is 159 cm³/mol. The second kappa shape index (κ2) is 12.4. The summed E-state index contributed by atoms with van der Waals surface area (Å²) in [6.45, 7) is 19.2. The minimum absolute atomic E-state index is 0.0392. The van der Waals surface area contributed by atoms with Crippen LogP contribution in [0.4, 0.5) is 0 Å². The molecule has 1 aromatic carbocycles. The van der Waals surface area contributed by atoms with Gasteiger partial charge in [-0.3, -0.25) is 0 Å². The standard InChI is InChI=1S/C33H53NO3S/c1-9-10-11-12-13-14-15-16-17-32-21-33(32,20-27(8)35)23-34(22-32)38(36,37)31-29(25(4)5)18-28(24(2)3)19-30(31)26(6)7/h9,18-19,24-26H,1,10-17,20-23H2,2-8H3/t32-,33+/m0/s1. The Labute approximate surface area is 233 Å². The molecule has 3 rings (SSSR count). The van der Waals surface area contributed by atoms with Crippen LogP contribution in [-0.4, -0.2) is 31.6 Å². The average molecular weight is 544 g/mol. The van der Waals surface area contributed by atoms with E-state index in [1.54, 1.807) is 11.2 Å². The first kappa shape index (κ1) is 31.1. The number of benzene rings is 1. The van der Waals surface area contributed by atoms with Crippen molar-refractivity contribution in [1.29, 1.82) is 0 Å². The largest absolute Gasteiger partial charge is 0.300 e. The van der Waals surface area contributed by atoms with Crippen molar-refractivity contribution in [2.75, 3.05) is 13.1 Å². The number of hydrogen-bond acceptors (Lipinski definition) is 3. The van der Waals surface area contributed by atoms with Crippen molar-refractivity contribution in [2.24, 2.45) is 10.8 Å². The van der Waals surface area contributed by atoms with E-state index in [4.69, 9.17) is 0 Å². The lowest BCUT2D eigenvalue weighted by Gasteiger charge is -2.27. The minimum Gasteiger partial charge on any atom is -0.300 e. The third kappa shape index (κ3) is 6.46. The van der Waals surface area contributed by atoms with E-state index < -0.39 is 10.0 Å². The van der Waals surface area contributed by atoms with Gasteiger partial charge in [0.25, 0.3) is 0 Å². The Balaban J connectivity index is 1.85. The molecule has 214 valence electrons. The molecule has 38 heavy (non-hydrogen) atoms. The van der Waals surface area contributed by atoms with Gasteiger partial charge in [-0.2, -0.15) is 4.31 Å². The molecule has 1 heterocycles. The Bertz CT molecular complexity index is 1070. The third-order valence-corrected chi connectivity index (χ3v) is 11.1. The quantitative estimate of drug-likeness (QED) is 0.155. The molecule has 0 radical (unpaired) electrons. The molecular weight excluding hydrogens is 490 g/mol. The molecule has 0 aromatic heterocycles. The Kier molecular flexibility index (Phi) is 10.1. The van der Waals surface area contributed by atoms with Gasteiger partial charge in [0.2, 0.25) is 10.0 Å². The number of ketones is 1. The number of nitrogens with zero attached hydrogens (tertiary/aromatic N) is 1.